The third-order valence-corrected chi connectivity index (χ3v) is 3.09. The summed E-state index contributed by atoms with van der Waals surface area (Å²) in [5.74, 6) is 0. The van der Waals surface area contributed by atoms with Crippen LogP contribution in [0.4, 0.5) is 0 Å². The monoisotopic (exact) mass is 278 g/mol. The topological polar surface area (TPSA) is 48.1 Å². The maximum Gasteiger partial charge on any atom is 0.0793 e. The lowest BCUT2D eigenvalue weighted by molar-refractivity contribution is 0.119. The zero-order valence-corrected chi connectivity index (χ0v) is 12.0. The summed E-state index contributed by atoms with van der Waals surface area (Å²) in [5, 5.41) is 0. The van der Waals surface area contributed by atoms with Gasteiger partial charge < -0.3 is 10.5 Å². The molecule has 0 aliphatic carbocycles. The highest BCUT2D eigenvalue weighted by atomic mass is 35.5. The minimum atomic E-state index is 0. The molecule has 1 atom stereocenters. The van der Waals surface area contributed by atoms with Crippen molar-refractivity contribution in [1.29, 1.82) is 0 Å². The van der Waals surface area contributed by atoms with Crippen molar-refractivity contribution in [1.82, 2.24) is 4.98 Å². The van der Waals surface area contributed by atoms with Gasteiger partial charge in [-0.3, -0.25) is 4.98 Å². The van der Waals surface area contributed by atoms with E-state index in [0.717, 1.165) is 16.8 Å². The van der Waals surface area contributed by atoms with Crippen molar-refractivity contribution >= 4 is 12.4 Å². The van der Waals surface area contributed by atoms with Crippen molar-refractivity contribution in [3.8, 4) is 11.3 Å². The van der Waals surface area contributed by atoms with Crippen molar-refractivity contribution in [2.24, 2.45) is 5.73 Å². The highest BCUT2D eigenvalue weighted by Gasteiger charge is 2.04. The van der Waals surface area contributed by atoms with Crippen LogP contribution in [0.25, 0.3) is 11.3 Å². The second kappa shape index (κ2) is 7.24. The predicted molar refractivity (Wildman–Crippen MR) is 80.2 cm³/mol. The molecule has 0 fully saturated rings. The maximum absolute atomic E-state index is 5.55. The van der Waals surface area contributed by atoms with E-state index < -0.39 is 0 Å². The van der Waals surface area contributed by atoms with E-state index in [2.05, 4.69) is 29.2 Å². The largest absolute Gasteiger partial charge is 0.377 e. The first kappa shape index (κ1) is 15.6. The van der Waals surface area contributed by atoms with Gasteiger partial charge in [-0.1, -0.05) is 30.3 Å². The molecule has 2 aromatic rings. The van der Waals surface area contributed by atoms with Gasteiger partial charge in [-0.15, -0.1) is 12.4 Å². The molecule has 0 amide bonds. The van der Waals surface area contributed by atoms with Gasteiger partial charge in [0.2, 0.25) is 0 Å². The molecule has 0 saturated heterocycles. The Morgan fingerprint density at radius 1 is 1.16 bits per heavy atom. The van der Waals surface area contributed by atoms with Gasteiger partial charge in [-0.25, -0.2) is 0 Å². The molecule has 2 N–H and O–H groups in total. The minimum absolute atomic E-state index is 0. The van der Waals surface area contributed by atoms with Crippen LogP contribution in [0.3, 0.4) is 0 Å². The SMILES string of the molecule is COC(C)c1ccc(-c2ccc(CN)cn2)cc1.Cl. The lowest BCUT2D eigenvalue weighted by atomic mass is 10.1. The van der Waals surface area contributed by atoms with Crippen molar-refractivity contribution in [3.05, 3.63) is 53.7 Å². The highest BCUT2D eigenvalue weighted by Crippen LogP contribution is 2.21. The third-order valence-electron chi connectivity index (χ3n) is 3.09. The van der Waals surface area contributed by atoms with Crippen LogP contribution in [0.1, 0.15) is 24.2 Å². The molecular weight excluding hydrogens is 260 g/mol. The minimum Gasteiger partial charge on any atom is -0.377 e. The summed E-state index contributed by atoms with van der Waals surface area (Å²) in [4.78, 5) is 4.40. The lowest BCUT2D eigenvalue weighted by Crippen LogP contribution is -1.97. The van der Waals surface area contributed by atoms with Crippen molar-refractivity contribution < 1.29 is 4.74 Å². The van der Waals surface area contributed by atoms with Crippen LogP contribution >= 0.6 is 12.4 Å². The molecule has 0 spiro atoms. The number of hydrogen-bond donors (Lipinski definition) is 1. The lowest BCUT2D eigenvalue weighted by Gasteiger charge is -2.10. The molecule has 4 heteroatoms. The van der Waals surface area contributed by atoms with Crippen LogP contribution in [-0.4, -0.2) is 12.1 Å². The summed E-state index contributed by atoms with van der Waals surface area (Å²) >= 11 is 0. The van der Waals surface area contributed by atoms with E-state index in [1.54, 1.807) is 7.11 Å². The number of aromatic nitrogens is 1. The van der Waals surface area contributed by atoms with E-state index in [-0.39, 0.29) is 18.5 Å². The number of benzene rings is 1. The highest BCUT2D eigenvalue weighted by molar-refractivity contribution is 5.85. The molecule has 1 unspecified atom stereocenters. The molecule has 102 valence electrons. The molecule has 0 bridgehead atoms. The Bertz CT molecular complexity index is 497. The molecule has 19 heavy (non-hydrogen) atoms. The maximum atomic E-state index is 5.55. The molecule has 0 saturated carbocycles. The molecule has 2 rings (SSSR count). The fourth-order valence-corrected chi connectivity index (χ4v) is 1.78. The molecule has 1 heterocycles. The zero-order chi connectivity index (χ0) is 13.0. The molecule has 1 aromatic carbocycles. The average molecular weight is 279 g/mol. The van der Waals surface area contributed by atoms with Crippen molar-refractivity contribution in [3.63, 3.8) is 0 Å². The second-order valence-electron chi connectivity index (χ2n) is 4.26. The normalized spacial score (nSPS) is 11.7. The smallest absolute Gasteiger partial charge is 0.0793 e. The Morgan fingerprint density at radius 3 is 2.32 bits per heavy atom. The number of nitrogens with two attached hydrogens (primary N) is 1. The summed E-state index contributed by atoms with van der Waals surface area (Å²) in [6, 6.07) is 12.3. The van der Waals surface area contributed by atoms with E-state index in [9.17, 15) is 0 Å². The molecule has 3 nitrogen and oxygen atoms in total. The van der Waals surface area contributed by atoms with Gasteiger partial charge in [0.15, 0.2) is 0 Å². The van der Waals surface area contributed by atoms with Crippen LogP contribution in [0.5, 0.6) is 0 Å². The predicted octanol–water partition coefficient (Wildman–Crippen LogP) is 3.34. The van der Waals surface area contributed by atoms with Crippen LogP contribution in [0.15, 0.2) is 42.6 Å². The van der Waals surface area contributed by atoms with Crippen LogP contribution < -0.4 is 5.73 Å². The van der Waals surface area contributed by atoms with Gasteiger partial charge in [0, 0.05) is 25.4 Å². The quantitative estimate of drug-likeness (QED) is 0.933. The second-order valence-corrected chi connectivity index (χ2v) is 4.26. The first-order valence-corrected chi connectivity index (χ1v) is 6.02. The molecule has 0 aliphatic rings. The first-order valence-electron chi connectivity index (χ1n) is 6.02. The summed E-state index contributed by atoms with van der Waals surface area (Å²) in [6.07, 6.45) is 1.94. The van der Waals surface area contributed by atoms with E-state index >= 15 is 0 Å². The first-order chi connectivity index (χ1) is 8.74. The van der Waals surface area contributed by atoms with Gasteiger partial charge in [0.05, 0.1) is 11.8 Å². The van der Waals surface area contributed by atoms with Crippen LogP contribution in [-0.2, 0) is 11.3 Å². The van der Waals surface area contributed by atoms with Gasteiger partial charge in [0.25, 0.3) is 0 Å². The Balaban J connectivity index is 0.00000180. The van der Waals surface area contributed by atoms with E-state index in [0.29, 0.717) is 6.54 Å². The number of nitrogens with zero attached hydrogens (tertiary/aromatic N) is 1. The fourth-order valence-electron chi connectivity index (χ4n) is 1.78. The van der Waals surface area contributed by atoms with Crippen molar-refractivity contribution in [2.75, 3.05) is 7.11 Å². The Morgan fingerprint density at radius 2 is 1.84 bits per heavy atom. The number of halogens is 1. The third kappa shape index (κ3) is 3.77. The fraction of sp³-hybridized carbons (Fsp3) is 0.267. The van der Waals surface area contributed by atoms with Crippen molar-refractivity contribution in [2.45, 2.75) is 19.6 Å². The Hall–Kier alpha value is -1.42. The molecule has 1 aromatic heterocycles. The van der Waals surface area contributed by atoms with Gasteiger partial charge in [-0.05, 0) is 24.1 Å². The van der Waals surface area contributed by atoms with E-state index in [4.69, 9.17) is 10.5 Å². The van der Waals surface area contributed by atoms with Crippen LogP contribution in [0, 0.1) is 0 Å². The van der Waals surface area contributed by atoms with Gasteiger partial charge in [0.1, 0.15) is 0 Å². The van der Waals surface area contributed by atoms with Gasteiger partial charge in [-0.2, -0.15) is 0 Å². The van der Waals surface area contributed by atoms with E-state index in [1.165, 1.54) is 5.56 Å². The average Bonchev–Trinajstić information content (AvgIpc) is 2.47. The Kier molecular flexibility index (Phi) is 5.96. The number of hydrogen-bond acceptors (Lipinski definition) is 3. The summed E-state index contributed by atoms with van der Waals surface area (Å²) in [7, 11) is 1.71. The summed E-state index contributed by atoms with van der Waals surface area (Å²) in [6.45, 7) is 2.56. The van der Waals surface area contributed by atoms with Gasteiger partial charge >= 0.3 is 0 Å². The zero-order valence-electron chi connectivity index (χ0n) is 11.2. The Labute approximate surface area is 120 Å². The number of pyridine rings is 1. The number of ether oxygens (including phenoxy) is 1. The van der Waals surface area contributed by atoms with Crippen LogP contribution in [0.2, 0.25) is 0 Å². The van der Waals surface area contributed by atoms with E-state index in [1.807, 2.05) is 25.3 Å². The molecule has 0 radical (unpaired) electrons. The molecular formula is C15H19ClN2O. The standard InChI is InChI=1S/C15H18N2O.ClH/c1-11(18-2)13-4-6-14(7-5-13)15-8-3-12(9-16)10-17-15;/h3-8,10-11H,9,16H2,1-2H3;1H. The molecule has 0 aliphatic heterocycles. The number of rotatable bonds is 4. The number of methoxy groups -OCH3 is 1. The summed E-state index contributed by atoms with van der Waals surface area (Å²) in [5.41, 5.74) is 9.83. The summed E-state index contributed by atoms with van der Waals surface area (Å²) < 4.78 is 5.28.